The van der Waals surface area contributed by atoms with Crippen LogP contribution in [0.2, 0.25) is 0 Å². The third-order valence-electron chi connectivity index (χ3n) is 7.13. The van der Waals surface area contributed by atoms with E-state index in [1.165, 1.54) is 19.2 Å². The first kappa shape index (κ1) is 31.9. The van der Waals surface area contributed by atoms with Crippen LogP contribution in [0.3, 0.4) is 0 Å². The van der Waals surface area contributed by atoms with E-state index >= 15 is 0 Å². The second-order valence-electron chi connectivity index (χ2n) is 10.9. The highest BCUT2D eigenvalue weighted by molar-refractivity contribution is 5.82. The molecule has 0 saturated heterocycles. The Morgan fingerprint density at radius 3 is 2.63 bits per heavy atom. The molecule has 1 N–H and O–H groups in total. The first-order valence-corrected chi connectivity index (χ1v) is 15.2. The molecule has 4 aromatic rings. The van der Waals surface area contributed by atoms with E-state index in [4.69, 9.17) is 14.5 Å². The number of nitrogens with one attached hydrogen (secondary N) is 1. The Kier molecular flexibility index (Phi) is 11.8. The number of nitrogens with zero attached hydrogens (tertiary/aromatic N) is 5. The number of ether oxygens (including phenoxy) is 2. The first-order valence-electron chi connectivity index (χ1n) is 15.2. The average Bonchev–Trinajstić information content (AvgIpc) is 3.47. The van der Waals surface area contributed by atoms with E-state index in [0.29, 0.717) is 43.6 Å². The Balaban J connectivity index is 1.44. The number of unbranched alkanes of at least 4 members (excludes halogenated alkanes) is 4. The van der Waals surface area contributed by atoms with Crippen LogP contribution in [0.25, 0.3) is 22.3 Å². The quantitative estimate of drug-likeness (QED) is 0.108. The number of fused-ring (bicyclic) bond motifs is 1. The van der Waals surface area contributed by atoms with Crippen molar-refractivity contribution >= 4 is 28.4 Å². The van der Waals surface area contributed by atoms with Gasteiger partial charge in [-0.1, -0.05) is 33.1 Å². The fourth-order valence-corrected chi connectivity index (χ4v) is 4.93. The van der Waals surface area contributed by atoms with Crippen molar-refractivity contribution in [1.29, 1.82) is 0 Å². The SMILES string of the molecule is CCOC(=O)CCCCCCCn1cc(-c2cnc3ccc(N(CCNC(C)C)c4cc(F)cc(OC)c4)cc3n2)cn1. The maximum atomic E-state index is 14.5. The average molecular weight is 591 g/mol. The van der Waals surface area contributed by atoms with E-state index in [9.17, 15) is 9.18 Å². The topological polar surface area (TPSA) is 94.4 Å². The van der Waals surface area contributed by atoms with Crippen LogP contribution in [-0.4, -0.2) is 58.6 Å². The molecule has 43 heavy (non-hydrogen) atoms. The van der Waals surface area contributed by atoms with Crippen LogP contribution in [0.5, 0.6) is 5.75 Å². The van der Waals surface area contributed by atoms with Crippen molar-refractivity contribution in [3.8, 4) is 17.0 Å². The molecule has 0 amide bonds. The van der Waals surface area contributed by atoms with Crippen molar-refractivity contribution < 1.29 is 18.7 Å². The fourth-order valence-electron chi connectivity index (χ4n) is 4.93. The standard InChI is InChI=1S/C33H43FN6O3/c1-5-43-33(41)11-9-7-6-8-10-15-39-23-25(21-37-39)32-22-36-30-13-12-27(20-31(30)38-32)40(16-14-35-24(2)3)28-17-26(34)18-29(19-28)42-4/h12-13,17-24,35H,5-11,14-16H2,1-4H3. The maximum absolute atomic E-state index is 14.5. The third-order valence-corrected chi connectivity index (χ3v) is 7.13. The number of methoxy groups -OCH3 is 1. The lowest BCUT2D eigenvalue weighted by Gasteiger charge is -2.26. The number of hydrogen-bond acceptors (Lipinski definition) is 8. The summed E-state index contributed by atoms with van der Waals surface area (Å²) in [5, 5.41) is 7.98. The molecule has 0 bridgehead atoms. The van der Waals surface area contributed by atoms with Gasteiger partial charge < -0.3 is 19.7 Å². The van der Waals surface area contributed by atoms with Crippen LogP contribution in [-0.2, 0) is 16.1 Å². The monoisotopic (exact) mass is 590 g/mol. The minimum absolute atomic E-state index is 0.108. The molecule has 0 aliphatic heterocycles. The van der Waals surface area contributed by atoms with Gasteiger partial charge in [0, 0.05) is 67.4 Å². The maximum Gasteiger partial charge on any atom is 0.305 e. The summed E-state index contributed by atoms with van der Waals surface area (Å²) in [4.78, 5) is 23.1. The van der Waals surface area contributed by atoms with E-state index in [0.717, 1.165) is 66.6 Å². The summed E-state index contributed by atoms with van der Waals surface area (Å²) in [5.41, 5.74) is 4.76. The van der Waals surface area contributed by atoms with Crippen LogP contribution in [0.4, 0.5) is 15.8 Å². The smallest absolute Gasteiger partial charge is 0.305 e. The number of rotatable bonds is 17. The molecular weight excluding hydrogens is 547 g/mol. The molecule has 230 valence electrons. The Labute approximate surface area is 253 Å². The van der Waals surface area contributed by atoms with Gasteiger partial charge in [-0.15, -0.1) is 0 Å². The normalized spacial score (nSPS) is 11.3. The highest BCUT2D eigenvalue weighted by Crippen LogP contribution is 2.31. The molecule has 4 rings (SSSR count). The van der Waals surface area contributed by atoms with E-state index < -0.39 is 0 Å². The van der Waals surface area contributed by atoms with Gasteiger partial charge in [0.05, 0.1) is 42.8 Å². The summed E-state index contributed by atoms with van der Waals surface area (Å²) in [6.07, 6.45) is 11.2. The van der Waals surface area contributed by atoms with Gasteiger partial charge in [0.25, 0.3) is 0 Å². The van der Waals surface area contributed by atoms with Gasteiger partial charge in [-0.3, -0.25) is 14.5 Å². The van der Waals surface area contributed by atoms with E-state index in [1.54, 1.807) is 6.20 Å². The fraction of sp³-hybridized carbons (Fsp3) is 0.455. The highest BCUT2D eigenvalue weighted by atomic mass is 19.1. The van der Waals surface area contributed by atoms with Gasteiger partial charge in [0.1, 0.15) is 11.6 Å². The van der Waals surface area contributed by atoms with Crippen molar-refractivity contribution in [2.45, 2.75) is 71.9 Å². The van der Waals surface area contributed by atoms with E-state index in [2.05, 4.69) is 34.1 Å². The number of aryl methyl sites for hydroxylation is 1. The van der Waals surface area contributed by atoms with Crippen molar-refractivity contribution in [3.63, 3.8) is 0 Å². The van der Waals surface area contributed by atoms with Gasteiger partial charge in [-0.05, 0) is 44.0 Å². The highest BCUT2D eigenvalue weighted by Gasteiger charge is 2.15. The number of aromatic nitrogens is 4. The summed E-state index contributed by atoms with van der Waals surface area (Å²) in [6.45, 7) is 8.63. The second-order valence-corrected chi connectivity index (χ2v) is 10.9. The first-order chi connectivity index (χ1) is 20.9. The van der Waals surface area contributed by atoms with Gasteiger partial charge in [0.2, 0.25) is 0 Å². The number of anilines is 2. The van der Waals surface area contributed by atoms with Crippen LogP contribution in [0.15, 0.2) is 55.0 Å². The summed E-state index contributed by atoms with van der Waals surface area (Å²) in [7, 11) is 1.54. The molecule has 9 nitrogen and oxygen atoms in total. The lowest BCUT2D eigenvalue weighted by Crippen LogP contribution is -2.32. The van der Waals surface area contributed by atoms with Crippen molar-refractivity contribution in [2.24, 2.45) is 0 Å². The summed E-state index contributed by atoms with van der Waals surface area (Å²) in [5.74, 6) is -0.00107. The third kappa shape index (κ3) is 9.47. The van der Waals surface area contributed by atoms with Crippen molar-refractivity contribution in [1.82, 2.24) is 25.1 Å². The molecular formula is C33H43FN6O3. The van der Waals surface area contributed by atoms with Crippen LogP contribution in [0.1, 0.15) is 59.3 Å². The molecule has 0 fully saturated rings. The van der Waals surface area contributed by atoms with E-state index in [1.807, 2.05) is 48.3 Å². The Morgan fingerprint density at radius 2 is 1.84 bits per heavy atom. The van der Waals surface area contributed by atoms with Crippen LogP contribution in [0, 0.1) is 5.82 Å². The van der Waals surface area contributed by atoms with Gasteiger partial charge >= 0.3 is 5.97 Å². The molecule has 2 heterocycles. The summed E-state index contributed by atoms with van der Waals surface area (Å²) in [6, 6.07) is 11.0. The summed E-state index contributed by atoms with van der Waals surface area (Å²) < 4.78 is 26.7. The molecule has 2 aromatic carbocycles. The Hall–Kier alpha value is -4.05. The van der Waals surface area contributed by atoms with E-state index in [-0.39, 0.29) is 11.8 Å². The predicted molar refractivity (Wildman–Crippen MR) is 168 cm³/mol. The molecule has 0 unspecified atom stereocenters. The second kappa shape index (κ2) is 16.0. The largest absolute Gasteiger partial charge is 0.497 e. The van der Waals surface area contributed by atoms with Gasteiger partial charge in [0.15, 0.2) is 0 Å². The molecule has 10 heteroatoms. The van der Waals surface area contributed by atoms with Gasteiger partial charge in [-0.25, -0.2) is 9.37 Å². The molecule has 0 aliphatic rings. The Bertz CT molecular complexity index is 1470. The number of esters is 1. The number of carbonyl (C=O) groups is 1. The molecule has 2 aromatic heterocycles. The zero-order valence-corrected chi connectivity index (χ0v) is 25.7. The number of carbonyl (C=O) groups excluding carboxylic acids is 1. The minimum Gasteiger partial charge on any atom is -0.497 e. The molecule has 0 atom stereocenters. The number of hydrogen-bond donors (Lipinski definition) is 1. The van der Waals surface area contributed by atoms with Crippen LogP contribution < -0.4 is 15.0 Å². The molecule has 0 saturated carbocycles. The number of benzene rings is 2. The predicted octanol–water partition coefficient (Wildman–Crippen LogP) is 6.68. The molecule has 0 aliphatic carbocycles. The van der Waals surface area contributed by atoms with Gasteiger partial charge in [-0.2, -0.15) is 5.10 Å². The van der Waals surface area contributed by atoms with Crippen molar-refractivity contribution in [2.75, 3.05) is 31.7 Å². The Morgan fingerprint density at radius 1 is 1.02 bits per heavy atom. The lowest BCUT2D eigenvalue weighted by molar-refractivity contribution is -0.143. The zero-order valence-electron chi connectivity index (χ0n) is 25.7. The van der Waals surface area contributed by atoms with Crippen molar-refractivity contribution in [3.05, 3.63) is 60.8 Å². The molecule has 0 spiro atoms. The lowest BCUT2D eigenvalue weighted by atomic mass is 10.1. The molecule has 0 radical (unpaired) electrons. The van der Waals surface area contributed by atoms with Crippen LogP contribution >= 0.6 is 0 Å². The minimum atomic E-state index is -0.356. The zero-order chi connectivity index (χ0) is 30.6. The number of halogens is 1. The summed E-state index contributed by atoms with van der Waals surface area (Å²) >= 11 is 0.